The van der Waals surface area contributed by atoms with Gasteiger partial charge in [-0.05, 0) is 42.7 Å². The number of nitrogens with zero attached hydrogens (tertiary/aromatic N) is 2. The maximum Gasteiger partial charge on any atom is 0.322 e. The average Bonchev–Trinajstić information content (AvgIpc) is 3.48. The van der Waals surface area contributed by atoms with Crippen molar-refractivity contribution in [1.29, 1.82) is 0 Å². The van der Waals surface area contributed by atoms with Crippen molar-refractivity contribution in [3.8, 4) is 0 Å². The van der Waals surface area contributed by atoms with Gasteiger partial charge >= 0.3 is 6.03 Å². The summed E-state index contributed by atoms with van der Waals surface area (Å²) >= 11 is 0. The van der Waals surface area contributed by atoms with E-state index in [0.29, 0.717) is 18.8 Å². The minimum Gasteiger partial charge on any atom is -0.467 e. The summed E-state index contributed by atoms with van der Waals surface area (Å²) in [6.07, 6.45) is 3.45. The van der Waals surface area contributed by atoms with Crippen LogP contribution in [0, 0.1) is 0 Å². The van der Waals surface area contributed by atoms with E-state index in [4.69, 9.17) is 4.42 Å². The number of carbonyl (C=O) groups excluding carboxylic acids is 2. The molecule has 2 aromatic carbocycles. The van der Waals surface area contributed by atoms with Crippen molar-refractivity contribution in [2.45, 2.75) is 32.0 Å². The van der Waals surface area contributed by atoms with Gasteiger partial charge in [0.15, 0.2) is 0 Å². The molecule has 0 spiro atoms. The maximum absolute atomic E-state index is 13.2. The van der Waals surface area contributed by atoms with Gasteiger partial charge in [-0.15, -0.1) is 0 Å². The Labute approximate surface area is 176 Å². The summed E-state index contributed by atoms with van der Waals surface area (Å²) in [4.78, 5) is 29.5. The zero-order valence-corrected chi connectivity index (χ0v) is 16.7. The average molecular weight is 403 g/mol. The molecule has 1 N–H and O–H groups in total. The highest BCUT2D eigenvalue weighted by Gasteiger charge is 2.35. The molecule has 0 unspecified atom stereocenters. The Morgan fingerprint density at radius 1 is 0.900 bits per heavy atom. The fourth-order valence-electron chi connectivity index (χ4n) is 3.34. The Balaban J connectivity index is 1.47. The van der Waals surface area contributed by atoms with Crippen LogP contribution in [0.5, 0.6) is 0 Å². The second-order valence-electron chi connectivity index (χ2n) is 7.47. The number of hydrogen-bond acceptors (Lipinski definition) is 3. The number of anilines is 1. The van der Waals surface area contributed by atoms with Gasteiger partial charge in [-0.1, -0.05) is 48.5 Å². The number of furan rings is 1. The van der Waals surface area contributed by atoms with E-state index in [9.17, 15) is 9.59 Å². The third-order valence-corrected chi connectivity index (χ3v) is 5.07. The van der Waals surface area contributed by atoms with E-state index in [1.165, 1.54) is 0 Å². The number of para-hydroxylation sites is 1. The lowest BCUT2D eigenvalue weighted by molar-refractivity contribution is -0.133. The van der Waals surface area contributed by atoms with Crippen LogP contribution in [-0.4, -0.2) is 34.3 Å². The molecule has 1 fully saturated rings. The summed E-state index contributed by atoms with van der Waals surface area (Å²) in [5.74, 6) is 0.608. The molecule has 3 aromatic rings. The van der Waals surface area contributed by atoms with Gasteiger partial charge in [0.1, 0.15) is 12.3 Å². The summed E-state index contributed by atoms with van der Waals surface area (Å²) in [6, 6.07) is 22.7. The zero-order valence-electron chi connectivity index (χ0n) is 16.7. The normalized spacial score (nSPS) is 12.9. The molecule has 0 saturated heterocycles. The summed E-state index contributed by atoms with van der Waals surface area (Å²) < 4.78 is 5.46. The molecule has 4 rings (SSSR count). The van der Waals surface area contributed by atoms with Crippen molar-refractivity contribution >= 4 is 17.6 Å². The summed E-state index contributed by atoms with van der Waals surface area (Å²) in [7, 11) is 0. The van der Waals surface area contributed by atoms with E-state index in [0.717, 1.165) is 24.1 Å². The van der Waals surface area contributed by atoms with Crippen molar-refractivity contribution in [3.05, 3.63) is 90.4 Å². The van der Waals surface area contributed by atoms with Crippen LogP contribution in [0.25, 0.3) is 0 Å². The van der Waals surface area contributed by atoms with Gasteiger partial charge in [-0.25, -0.2) is 4.79 Å². The standard InChI is InChI=1S/C24H25N3O3/c28-23(18-27(21-13-14-21)24(29)25-20-10-5-2-6-11-20)26(17-22-12-7-15-30-22)16-19-8-3-1-4-9-19/h1-12,15,21H,13-14,16-18H2,(H,25,29). The molecule has 0 bridgehead atoms. The minimum absolute atomic E-state index is 0.0386. The highest BCUT2D eigenvalue weighted by Crippen LogP contribution is 2.28. The van der Waals surface area contributed by atoms with Crippen LogP contribution in [0.15, 0.2) is 83.5 Å². The molecule has 6 nitrogen and oxygen atoms in total. The van der Waals surface area contributed by atoms with Crippen LogP contribution in [0.3, 0.4) is 0 Å². The Hall–Kier alpha value is -3.54. The first-order valence-corrected chi connectivity index (χ1v) is 10.2. The lowest BCUT2D eigenvalue weighted by Gasteiger charge is -2.27. The lowest BCUT2D eigenvalue weighted by Crippen LogP contribution is -2.45. The van der Waals surface area contributed by atoms with Crippen molar-refractivity contribution in [3.63, 3.8) is 0 Å². The van der Waals surface area contributed by atoms with Gasteiger partial charge in [0.25, 0.3) is 0 Å². The fourth-order valence-corrected chi connectivity index (χ4v) is 3.34. The molecule has 1 aliphatic carbocycles. The van der Waals surface area contributed by atoms with Crippen LogP contribution >= 0.6 is 0 Å². The molecular formula is C24H25N3O3. The highest BCUT2D eigenvalue weighted by molar-refractivity contribution is 5.92. The van der Waals surface area contributed by atoms with Crippen molar-refractivity contribution < 1.29 is 14.0 Å². The monoisotopic (exact) mass is 403 g/mol. The van der Waals surface area contributed by atoms with E-state index in [1.54, 1.807) is 16.1 Å². The zero-order chi connectivity index (χ0) is 20.8. The van der Waals surface area contributed by atoms with Gasteiger partial charge in [0.05, 0.1) is 12.8 Å². The number of rotatable bonds is 8. The van der Waals surface area contributed by atoms with Crippen molar-refractivity contribution in [2.24, 2.45) is 0 Å². The van der Waals surface area contributed by atoms with Gasteiger partial charge < -0.3 is 19.5 Å². The SMILES string of the molecule is O=C(CN(C(=O)Nc1ccccc1)C1CC1)N(Cc1ccccc1)Cc1ccco1. The highest BCUT2D eigenvalue weighted by atomic mass is 16.3. The predicted molar refractivity (Wildman–Crippen MR) is 115 cm³/mol. The summed E-state index contributed by atoms with van der Waals surface area (Å²) in [5, 5.41) is 2.90. The molecular weight excluding hydrogens is 378 g/mol. The van der Waals surface area contributed by atoms with Gasteiger partial charge in [-0.3, -0.25) is 4.79 Å². The molecule has 154 valence electrons. The third-order valence-electron chi connectivity index (χ3n) is 5.07. The number of nitrogens with one attached hydrogen (secondary N) is 1. The van der Waals surface area contributed by atoms with Crippen LogP contribution in [0.4, 0.5) is 10.5 Å². The van der Waals surface area contributed by atoms with Gasteiger partial charge in [0.2, 0.25) is 5.91 Å². The number of hydrogen-bond donors (Lipinski definition) is 1. The number of benzene rings is 2. The van der Waals surface area contributed by atoms with E-state index >= 15 is 0 Å². The first-order valence-electron chi connectivity index (χ1n) is 10.2. The molecule has 0 atom stereocenters. The molecule has 1 heterocycles. The first kappa shape index (κ1) is 19.8. The quantitative estimate of drug-likeness (QED) is 0.602. The number of carbonyl (C=O) groups is 2. The van der Waals surface area contributed by atoms with Crippen LogP contribution in [-0.2, 0) is 17.9 Å². The second-order valence-corrected chi connectivity index (χ2v) is 7.47. The Kier molecular flexibility index (Phi) is 6.13. The summed E-state index contributed by atoms with van der Waals surface area (Å²) in [5.41, 5.74) is 1.75. The molecule has 6 heteroatoms. The van der Waals surface area contributed by atoms with Gasteiger partial charge in [0, 0.05) is 18.3 Å². The smallest absolute Gasteiger partial charge is 0.322 e. The molecule has 30 heavy (non-hydrogen) atoms. The van der Waals surface area contributed by atoms with Crippen molar-refractivity contribution in [1.82, 2.24) is 9.80 Å². The molecule has 1 aliphatic rings. The summed E-state index contributed by atoms with van der Waals surface area (Å²) in [6.45, 7) is 0.857. The van der Waals surface area contributed by atoms with Crippen molar-refractivity contribution in [2.75, 3.05) is 11.9 Å². The third kappa shape index (κ3) is 5.29. The maximum atomic E-state index is 13.2. The Morgan fingerprint density at radius 2 is 1.60 bits per heavy atom. The Morgan fingerprint density at radius 3 is 2.23 bits per heavy atom. The van der Waals surface area contributed by atoms with E-state index in [-0.39, 0.29) is 24.5 Å². The molecule has 0 radical (unpaired) electrons. The first-order chi connectivity index (χ1) is 14.7. The Bertz CT molecular complexity index is 954. The fraction of sp³-hybridized carbons (Fsp3) is 0.250. The minimum atomic E-state index is -0.241. The predicted octanol–water partition coefficient (Wildman–Crippen LogP) is 4.50. The van der Waals surface area contributed by atoms with Crippen LogP contribution in [0.2, 0.25) is 0 Å². The van der Waals surface area contributed by atoms with Gasteiger partial charge in [-0.2, -0.15) is 0 Å². The topological polar surface area (TPSA) is 65.8 Å². The van der Waals surface area contributed by atoms with E-state index in [2.05, 4.69) is 5.32 Å². The molecule has 1 aromatic heterocycles. The van der Waals surface area contributed by atoms with E-state index in [1.807, 2.05) is 72.8 Å². The van der Waals surface area contributed by atoms with E-state index < -0.39 is 0 Å². The number of amides is 3. The number of urea groups is 1. The molecule has 0 aliphatic heterocycles. The molecule has 1 saturated carbocycles. The lowest BCUT2D eigenvalue weighted by atomic mass is 10.2. The van der Waals surface area contributed by atoms with Crippen LogP contribution < -0.4 is 5.32 Å². The van der Waals surface area contributed by atoms with Crippen LogP contribution in [0.1, 0.15) is 24.2 Å². The second kappa shape index (κ2) is 9.31. The molecule has 3 amide bonds. The largest absolute Gasteiger partial charge is 0.467 e.